The summed E-state index contributed by atoms with van der Waals surface area (Å²) in [5, 5.41) is 2.98. The van der Waals surface area contributed by atoms with E-state index in [1.807, 2.05) is 13.8 Å². The van der Waals surface area contributed by atoms with Crippen LogP contribution in [0.15, 0.2) is 0 Å². The molecule has 0 aliphatic heterocycles. The Kier molecular flexibility index (Phi) is 7.13. The summed E-state index contributed by atoms with van der Waals surface area (Å²) >= 11 is 0. The van der Waals surface area contributed by atoms with E-state index in [2.05, 4.69) is 24.1 Å². The van der Waals surface area contributed by atoms with E-state index in [-0.39, 0.29) is 12.1 Å². The largest absolute Gasteiger partial charge is 0.334 e. The smallest absolute Gasteiger partial charge is 0.317 e. The van der Waals surface area contributed by atoms with E-state index in [0.29, 0.717) is 0 Å². The number of rotatable bonds is 6. The van der Waals surface area contributed by atoms with Gasteiger partial charge in [-0.1, -0.05) is 13.8 Å². The summed E-state index contributed by atoms with van der Waals surface area (Å²) in [6.07, 6.45) is 0. The molecule has 0 aliphatic carbocycles. The molecule has 0 aliphatic rings. The van der Waals surface area contributed by atoms with Crippen molar-refractivity contribution in [1.29, 1.82) is 0 Å². The van der Waals surface area contributed by atoms with Crippen molar-refractivity contribution in [3.05, 3.63) is 0 Å². The highest BCUT2D eigenvalue weighted by Gasteiger charge is 2.12. The molecule has 0 bridgehead atoms. The van der Waals surface area contributed by atoms with Crippen LogP contribution in [-0.4, -0.2) is 55.1 Å². The lowest BCUT2D eigenvalue weighted by molar-refractivity contribution is 0.200. The van der Waals surface area contributed by atoms with Gasteiger partial charge in [0.25, 0.3) is 0 Å². The van der Waals surface area contributed by atoms with Crippen LogP contribution in [0.25, 0.3) is 0 Å². The van der Waals surface area contributed by atoms with Crippen molar-refractivity contribution < 1.29 is 4.79 Å². The van der Waals surface area contributed by atoms with Crippen molar-refractivity contribution in [3.63, 3.8) is 0 Å². The van der Waals surface area contributed by atoms with Crippen LogP contribution in [0.1, 0.15) is 27.7 Å². The molecule has 4 nitrogen and oxygen atoms in total. The quantitative estimate of drug-likeness (QED) is 0.726. The predicted octanol–water partition coefficient (Wildman–Crippen LogP) is 1.38. The topological polar surface area (TPSA) is 35.6 Å². The first kappa shape index (κ1) is 14.2. The van der Waals surface area contributed by atoms with Crippen LogP contribution in [0.2, 0.25) is 0 Å². The number of amides is 2. The Hall–Kier alpha value is -0.770. The zero-order valence-electron chi connectivity index (χ0n) is 10.7. The van der Waals surface area contributed by atoms with Gasteiger partial charge in [-0.05, 0) is 26.9 Å². The molecule has 1 unspecified atom stereocenters. The van der Waals surface area contributed by atoms with Crippen LogP contribution < -0.4 is 5.32 Å². The van der Waals surface area contributed by atoms with E-state index in [1.165, 1.54) is 0 Å². The highest BCUT2D eigenvalue weighted by Crippen LogP contribution is 1.93. The Labute approximate surface area is 93.6 Å². The number of hydrogen-bond acceptors (Lipinski definition) is 2. The molecule has 15 heavy (non-hydrogen) atoms. The first-order chi connectivity index (χ1) is 7.04. The molecule has 0 aromatic heterocycles. The lowest BCUT2D eigenvalue weighted by Crippen LogP contribution is -2.46. The fourth-order valence-electron chi connectivity index (χ4n) is 1.38. The minimum Gasteiger partial charge on any atom is -0.334 e. The van der Waals surface area contributed by atoms with Crippen LogP contribution >= 0.6 is 0 Å². The number of nitrogens with one attached hydrogen (secondary N) is 1. The number of carbonyl (C=O) groups excluding carboxylic acids is 1. The molecule has 0 saturated carbocycles. The van der Waals surface area contributed by atoms with Gasteiger partial charge in [0.1, 0.15) is 0 Å². The van der Waals surface area contributed by atoms with E-state index in [4.69, 9.17) is 0 Å². The van der Waals surface area contributed by atoms with Crippen LogP contribution in [-0.2, 0) is 0 Å². The molecule has 4 heteroatoms. The predicted molar refractivity (Wildman–Crippen MR) is 64.1 cm³/mol. The average Bonchev–Trinajstić information content (AvgIpc) is 2.24. The summed E-state index contributed by atoms with van der Waals surface area (Å²) in [4.78, 5) is 15.5. The summed E-state index contributed by atoms with van der Waals surface area (Å²) in [6, 6.07) is 0.212. The van der Waals surface area contributed by atoms with Gasteiger partial charge < -0.3 is 15.1 Å². The molecule has 1 atom stereocenters. The van der Waals surface area contributed by atoms with Crippen molar-refractivity contribution in [2.75, 3.05) is 33.2 Å². The van der Waals surface area contributed by atoms with Crippen molar-refractivity contribution in [2.45, 2.75) is 33.7 Å². The van der Waals surface area contributed by atoms with Gasteiger partial charge in [0, 0.05) is 26.2 Å². The molecule has 0 fully saturated rings. The van der Waals surface area contributed by atoms with Gasteiger partial charge in [-0.3, -0.25) is 0 Å². The van der Waals surface area contributed by atoms with Crippen LogP contribution in [0.3, 0.4) is 0 Å². The minimum atomic E-state index is 0.0113. The van der Waals surface area contributed by atoms with Crippen LogP contribution in [0, 0.1) is 0 Å². The Morgan fingerprint density at radius 2 is 1.73 bits per heavy atom. The Bertz CT molecular complexity index is 181. The standard InChI is InChI=1S/C11H25N3O/c1-6-13(5)11(15)12-10(4)9-14(7-2)8-3/h10H,6-9H2,1-5H3,(H,12,15). The summed E-state index contributed by atoms with van der Waals surface area (Å²) in [5.74, 6) is 0. The molecule has 2 amide bonds. The van der Waals surface area contributed by atoms with E-state index >= 15 is 0 Å². The Morgan fingerprint density at radius 1 is 1.20 bits per heavy atom. The molecule has 0 aromatic carbocycles. The molecule has 0 aromatic rings. The first-order valence-corrected chi connectivity index (χ1v) is 5.79. The lowest BCUT2D eigenvalue weighted by Gasteiger charge is -2.25. The summed E-state index contributed by atoms with van der Waals surface area (Å²) in [7, 11) is 1.81. The van der Waals surface area contributed by atoms with Crippen molar-refractivity contribution in [1.82, 2.24) is 15.1 Å². The molecule has 0 rings (SSSR count). The van der Waals surface area contributed by atoms with E-state index in [0.717, 1.165) is 26.2 Å². The third kappa shape index (κ3) is 5.62. The second-order valence-corrected chi connectivity index (χ2v) is 3.85. The first-order valence-electron chi connectivity index (χ1n) is 5.79. The Morgan fingerprint density at radius 3 is 2.13 bits per heavy atom. The van der Waals surface area contributed by atoms with Gasteiger partial charge in [0.15, 0.2) is 0 Å². The summed E-state index contributed by atoms with van der Waals surface area (Å²) in [6.45, 7) is 12.0. The third-order valence-electron chi connectivity index (χ3n) is 2.62. The number of likely N-dealkylation sites (N-methyl/N-ethyl adjacent to an activating group) is 1. The van der Waals surface area contributed by atoms with Crippen LogP contribution in [0.5, 0.6) is 0 Å². The SMILES string of the molecule is CCN(CC)CC(C)NC(=O)N(C)CC. The van der Waals surface area contributed by atoms with Gasteiger partial charge in [0.05, 0.1) is 0 Å². The van der Waals surface area contributed by atoms with Gasteiger partial charge in [0.2, 0.25) is 0 Å². The van der Waals surface area contributed by atoms with Crippen molar-refractivity contribution in [3.8, 4) is 0 Å². The fourth-order valence-corrected chi connectivity index (χ4v) is 1.38. The zero-order chi connectivity index (χ0) is 11.8. The second kappa shape index (κ2) is 7.51. The fraction of sp³-hybridized carbons (Fsp3) is 0.909. The minimum absolute atomic E-state index is 0.0113. The Balaban J connectivity index is 3.91. The lowest BCUT2D eigenvalue weighted by atomic mass is 10.3. The molecular weight excluding hydrogens is 190 g/mol. The molecule has 0 radical (unpaired) electrons. The van der Waals surface area contributed by atoms with E-state index in [9.17, 15) is 4.79 Å². The molecule has 0 heterocycles. The van der Waals surface area contributed by atoms with Crippen molar-refractivity contribution in [2.24, 2.45) is 0 Å². The van der Waals surface area contributed by atoms with Gasteiger partial charge in [-0.15, -0.1) is 0 Å². The number of hydrogen-bond donors (Lipinski definition) is 1. The molecule has 0 spiro atoms. The number of urea groups is 1. The second-order valence-electron chi connectivity index (χ2n) is 3.85. The maximum absolute atomic E-state index is 11.5. The van der Waals surface area contributed by atoms with Gasteiger partial charge >= 0.3 is 6.03 Å². The molecule has 0 saturated heterocycles. The molecule has 90 valence electrons. The van der Waals surface area contributed by atoms with Crippen molar-refractivity contribution >= 4 is 6.03 Å². The van der Waals surface area contributed by atoms with E-state index < -0.39 is 0 Å². The summed E-state index contributed by atoms with van der Waals surface area (Å²) in [5.41, 5.74) is 0. The molecular formula is C11H25N3O. The van der Waals surface area contributed by atoms with E-state index in [1.54, 1.807) is 11.9 Å². The normalized spacial score (nSPS) is 12.7. The number of nitrogens with zero attached hydrogens (tertiary/aromatic N) is 2. The molecule has 1 N–H and O–H groups in total. The van der Waals surface area contributed by atoms with Crippen LogP contribution in [0.4, 0.5) is 4.79 Å². The van der Waals surface area contributed by atoms with Gasteiger partial charge in [-0.25, -0.2) is 4.79 Å². The number of carbonyl (C=O) groups is 1. The monoisotopic (exact) mass is 215 g/mol. The zero-order valence-corrected chi connectivity index (χ0v) is 10.7. The average molecular weight is 215 g/mol. The van der Waals surface area contributed by atoms with Gasteiger partial charge in [-0.2, -0.15) is 0 Å². The third-order valence-corrected chi connectivity index (χ3v) is 2.62. The highest BCUT2D eigenvalue weighted by atomic mass is 16.2. The summed E-state index contributed by atoms with van der Waals surface area (Å²) < 4.78 is 0. The maximum atomic E-state index is 11.5. The maximum Gasteiger partial charge on any atom is 0.317 e. The highest BCUT2D eigenvalue weighted by molar-refractivity contribution is 5.74.